The summed E-state index contributed by atoms with van der Waals surface area (Å²) in [5.41, 5.74) is 6.83. The second-order valence-electron chi connectivity index (χ2n) is 4.46. The van der Waals surface area contributed by atoms with Gasteiger partial charge >= 0.3 is 0 Å². The van der Waals surface area contributed by atoms with Crippen molar-refractivity contribution in [3.8, 4) is 11.5 Å². The highest BCUT2D eigenvalue weighted by Gasteiger charge is 2.14. The van der Waals surface area contributed by atoms with Crippen molar-refractivity contribution in [3.05, 3.63) is 65.3 Å². The van der Waals surface area contributed by atoms with Crippen LogP contribution in [-0.2, 0) is 0 Å². The number of hydrogen-bond acceptors (Lipinski definition) is 3. The van der Waals surface area contributed by atoms with Crippen LogP contribution in [0, 0.1) is 5.41 Å². The Hall–Kier alpha value is -2.59. The second-order valence-corrected chi connectivity index (χ2v) is 4.87. The van der Waals surface area contributed by atoms with Gasteiger partial charge in [-0.3, -0.25) is 10.4 Å². The summed E-state index contributed by atoms with van der Waals surface area (Å²) in [5.74, 6) is 0.898. The minimum atomic E-state index is -0.102. The van der Waals surface area contributed by atoms with Crippen LogP contribution in [0.25, 0.3) is 10.9 Å². The number of para-hydroxylation sites is 2. The molecule has 0 bridgehead atoms. The molecule has 0 atom stereocenters. The number of aromatic nitrogens is 1. The first-order chi connectivity index (χ1) is 10.2. The van der Waals surface area contributed by atoms with Gasteiger partial charge < -0.3 is 10.5 Å². The number of benzene rings is 2. The van der Waals surface area contributed by atoms with Crippen LogP contribution in [0.3, 0.4) is 0 Å². The molecule has 3 N–H and O–H groups in total. The second kappa shape index (κ2) is 5.42. The fourth-order valence-corrected chi connectivity index (χ4v) is 2.23. The smallest absolute Gasteiger partial charge is 0.149 e. The fraction of sp³-hybridized carbons (Fsp3) is 0. The molecule has 21 heavy (non-hydrogen) atoms. The molecule has 0 fully saturated rings. The van der Waals surface area contributed by atoms with Gasteiger partial charge in [-0.2, -0.15) is 0 Å². The van der Waals surface area contributed by atoms with E-state index in [1.165, 1.54) is 6.20 Å². The largest absolute Gasteiger partial charge is 0.454 e. The molecular formula is C16H12ClN3O. The Balaban J connectivity index is 2.21. The Labute approximate surface area is 126 Å². The number of ether oxygens (including phenoxy) is 1. The van der Waals surface area contributed by atoms with E-state index in [4.69, 9.17) is 27.5 Å². The molecular weight excluding hydrogens is 286 g/mol. The third-order valence-corrected chi connectivity index (χ3v) is 3.38. The van der Waals surface area contributed by atoms with Crippen molar-refractivity contribution in [2.45, 2.75) is 0 Å². The summed E-state index contributed by atoms with van der Waals surface area (Å²) in [5, 5.41) is 8.97. The molecule has 4 nitrogen and oxygen atoms in total. The van der Waals surface area contributed by atoms with Gasteiger partial charge in [0.2, 0.25) is 0 Å². The number of nitrogens with two attached hydrogens (primary N) is 1. The standard InChI is InChI=1S/C16H12ClN3O/c17-12-6-2-4-8-14(12)21-15-10-5-1-3-7-13(10)20-9-11(15)16(18)19/h1-9H,(H3,18,19). The third-order valence-electron chi connectivity index (χ3n) is 3.06. The molecule has 0 spiro atoms. The Bertz CT molecular complexity index is 833. The van der Waals surface area contributed by atoms with Crippen LogP contribution in [0.1, 0.15) is 5.56 Å². The van der Waals surface area contributed by atoms with Crippen LogP contribution in [0.5, 0.6) is 11.5 Å². The van der Waals surface area contributed by atoms with Crippen LogP contribution >= 0.6 is 11.6 Å². The molecule has 0 radical (unpaired) electrons. The van der Waals surface area contributed by atoms with E-state index in [0.29, 0.717) is 22.1 Å². The Kier molecular flexibility index (Phi) is 3.46. The molecule has 0 unspecified atom stereocenters. The molecule has 0 aliphatic heterocycles. The maximum absolute atomic E-state index is 7.70. The van der Waals surface area contributed by atoms with E-state index >= 15 is 0 Å². The number of hydrogen-bond donors (Lipinski definition) is 2. The van der Waals surface area contributed by atoms with Crippen LogP contribution in [0.4, 0.5) is 0 Å². The molecule has 104 valence electrons. The van der Waals surface area contributed by atoms with Crippen LogP contribution in [-0.4, -0.2) is 10.8 Å². The van der Waals surface area contributed by atoms with E-state index in [-0.39, 0.29) is 5.84 Å². The van der Waals surface area contributed by atoms with Crippen LogP contribution < -0.4 is 10.5 Å². The van der Waals surface area contributed by atoms with Crippen molar-refractivity contribution in [2.24, 2.45) is 5.73 Å². The summed E-state index contributed by atoms with van der Waals surface area (Å²) < 4.78 is 5.92. The summed E-state index contributed by atoms with van der Waals surface area (Å²) in [7, 11) is 0. The number of amidine groups is 1. The van der Waals surface area contributed by atoms with Gasteiger partial charge in [-0.05, 0) is 24.3 Å². The Morgan fingerprint density at radius 2 is 1.81 bits per heavy atom. The van der Waals surface area contributed by atoms with Gasteiger partial charge in [-0.1, -0.05) is 35.9 Å². The molecule has 2 aromatic carbocycles. The van der Waals surface area contributed by atoms with E-state index in [2.05, 4.69) is 4.98 Å². The van der Waals surface area contributed by atoms with Crippen LogP contribution in [0.15, 0.2) is 54.7 Å². The quantitative estimate of drug-likeness (QED) is 0.567. The molecule has 5 heteroatoms. The highest BCUT2D eigenvalue weighted by atomic mass is 35.5. The first-order valence-corrected chi connectivity index (χ1v) is 6.69. The Morgan fingerprint density at radius 1 is 1.10 bits per heavy atom. The number of halogens is 1. The summed E-state index contributed by atoms with van der Waals surface area (Å²) in [6.07, 6.45) is 1.54. The SMILES string of the molecule is N=C(N)c1cnc2ccccc2c1Oc1ccccc1Cl. The lowest BCUT2D eigenvalue weighted by Crippen LogP contribution is -2.13. The zero-order valence-electron chi connectivity index (χ0n) is 11.0. The van der Waals surface area contributed by atoms with Gasteiger partial charge in [0.25, 0.3) is 0 Å². The minimum absolute atomic E-state index is 0.102. The van der Waals surface area contributed by atoms with Crippen molar-refractivity contribution >= 4 is 28.3 Å². The number of rotatable bonds is 3. The normalized spacial score (nSPS) is 10.5. The van der Waals surface area contributed by atoms with Crippen molar-refractivity contribution in [2.75, 3.05) is 0 Å². The van der Waals surface area contributed by atoms with Gasteiger partial charge in [-0.15, -0.1) is 0 Å². The molecule has 0 aliphatic rings. The molecule has 0 aliphatic carbocycles. The van der Waals surface area contributed by atoms with Gasteiger partial charge in [0.15, 0.2) is 0 Å². The predicted molar refractivity (Wildman–Crippen MR) is 84.3 cm³/mol. The lowest BCUT2D eigenvalue weighted by atomic mass is 10.1. The molecule has 0 saturated heterocycles. The van der Waals surface area contributed by atoms with Crippen molar-refractivity contribution in [1.29, 1.82) is 5.41 Å². The molecule has 3 rings (SSSR count). The van der Waals surface area contributed by atoms with Crippen molar-refractivity contribution < 1.29 is 4.74 Å². The van der Waals surface area contributed by atoms with Gasteiger partial charge in [0.1, 0.15) is 17.3 Å². The van der Waals surface area contributed by atoms with Gasteiger partial charge in [0, 0.05) is 11.6 Å². The third kappa shape index (κ3) is 2.53. The fourth-order valence-electron chi connectivity index (χ4n) is 2.06. The number of nitrogens with one attached hydrogen (secondary N) is 1. The summed E-state index contributed by atoms with van der Waals surface area (Å²) in [6.45, 7) is 0. The van der Waals surface area contributed by atoms with Crippen LogP contribution in [0.2, 0.25) is 5.02 Å². The molecule has 0 saturated carbocycles. The predicted octanol–water partition coefficient (Wildman–Crippen LogP) is 3.96. The van der Waals surface area contributed by atoms with E-state index in [0.717, 1.165) is 10.9 Å². The molecule has 0 amide bonds. The number of pyridine rings is 1. The zero-order chi connectivity index (χ0) is 14.8. The molecule has 1 aromatic heterocycles. The van der Waals surface area contributed by atoms with Crippen molar-refractivity contribution in [3.63, 3.8) is 0 Å². The average molecular weight is 298 g/mol. The topological polar surface area (TPSA) is 72.0 Å². The number of fused-ring (bicyclic) bond motifs is 1. The average Bonchev–Trinajstić information content (AvgIpc) is 2.49. The summed E-state index contributed by atoms with van der Waals surface area (Å²) in [6, 6.07) is 14.7. The number of nitrogens with zero attached hydrogens (tertiary/aromatic N) is 1. The minimum Gasteiger partial charge on any atom is -0.454 e. The maximum atomic E-state index is 7.70. The van der Waals surface area contributed by atoms with E-state index in [1.807, 2.05) is 36.4 Å². The first kappa shape index (κ1) is 13.4. The molecule has 1 heterocycles. The van der Waals surface area contributed by atoms with E-state index in [1.54, 1.807) is 12.1 Å². The van der Waals surface area contributed by atoms with Gasteiger partial charge in [-0.25, -0.2) is 0 Å². The molecule has 3 aromatic rings. The Morgan fingerprint density at radius 3 is 2.57 bits per heavy atom. The lowest BCUT2D eigenvalue weighted by molar-refractivity contribution is 0.487. The summed E-state index contributed by atoms with van der Waals surface area (Å²) in [4.78, 5) is 4.29. The monoisotopic (exact) mass is 297 g/mol. The van der Waals surface area contributed by atoms with Gasteiger partial charge in [0.05, 0.1) is 16.1 Å². The number of nitrogen functional groups attached to an aromatic ring is 1. The highest BCUT2D eigenvalue weighted by Crippen LogP contribution is 2.35. The van der Waals surface area contributed by atoms with Crippen molar-refractivity contribution in [1.82, 2.24) is 4.98 Å². The van der Waals surface area contributed by atoms with E-state index in [9.17, 15) is 0 Å². The highest BCUT2D eigenvalue weighted by molar-refractivity contribution is 6.32. The first-order valence-electron chi connectivity index (χ1n) is 6.31. The maximum Gasteiger partial charge on any atom is 0.149 e. The van der Waals surface area contributed by atoms with E-state index < -0.39 is 0 Å². The lowest BCUT2D eigenvalue weighted by Gasteiger charge is -2.13. The zero-order valence-corrected chi connectivity index (χ0v) is 11.8. The summed E-state index contributed by atoms with van der Waals surface area (Å²) >= 11 is 6.13.